The van der Waals surface area contributed by atoms with Gasteiger partial charge in [-0.3, -0.25) is 9.59 Å². The molecule has 0 atom stereocenters. The number of anilines is 1. The third kappa shape index (κ3) is 5.95. The number of aryl methyl sites for hydroxylation is 4. The SMILES string of the molecule is Cc1ccc(C(=O)OCC(=O)NCC(=O)Nc2c(C)cc(C)cc2C)cc1. The zero-order valence-corrected chi connectivity index (χ0v) is 16.0. The molecule has 0 saturated carbocycles. The van der Waals surface area contributed by atoms with Crippen LogP contribution in [-0.2, 0) is 14.3 Å². The van der Waals surface area contributed by atoms with E-state index in [2.05, 4.69) is 10.6 Å². The molecule has 2 aromatic rings. The zero-order valence-electron chi connectivity index (χ0n) is 16.0. The predicted octanol–water partition coefficient (Wildman–Crippen LogP) is 2.83. The van der Waals surface area contributed by atoms with Crippen molar-refractivity contribution in [3.63, 3.8) is 0 Å². The van der Waals surface area contributed by atoms with E-state index >= 15 is 0 Å². The maximum absolute atomic E-state index is 12.1. The molecule has 0 aliphatic heterocycles. The number of rotatable bonds is 6. The van der Waals surface area contributed by atoms with Gasteiger partial charge in [-0.25, -0.2) is 4.79 Å². The topological polar surface area (TPSA) is 84.5 Å². The average molecular weight is 368 g/mol. The Morgan fingerprint density at radius 1 is 0.852 bits per heavy atom. The standard InChI is InChI=1S/C21H24N2O4/c1-13-5-7-17(8-6-13)21(26)27-12-19(25)22-11-18(24)23-20-15(3)9-14(2)10-16(20)4/h5-10H,11-12H2,1-4H3,(H,22,25)(H,23,24). The molecular weight excluding hydrogens is 344 g/mol. The molecule has 0 saturated heterocycles. The van der Waals surface area contributed by atoms with Crippen LogP contribution in [-0.4, -0.2) is 30.9 Å². The molecule has 0 aliphatic rings. The molecule has 27 heavy (non-hydrogen) atoms. The van der Waals surface area contributed by atoms with Gasteiger partial charge in [-0.15, -0.1) is 0 Å². The lowest BCUT2D eigenvalue weighted by molar-refractivity contribution is -0.126. The summed E-state index contributed by atoms with van der Waals surface area (Å²) in [5.74, 6) is -1.47. The summed E-state index contributed by atoms with van der Waals surface area (Å²) >= 11 is 0. The lowest BCUT2D eigenvalue weighted by atomic mass is 10.1. The van der Waals surface area contributed by atoms with Gasteiger partial charge in [0.25, 0.3) is 5.91 Å². The Balaban J connectivity index is 1.79. The van der Waals surface area contributed by atoms with Crippen molar-refractivity contribution < 1.29 is 19.1 Å². The van der Waals surface area contributed by atoms with E-state index in [-0.39, 0.29) is 12.5 Å². The molecule has 0 radical (unpaired) electrons. The number of nitrogens with one attached hydrogen (secondary N) is 2. The second-order valence-electron chi connectivity index (χ2n) is 6.54. The monoisotopic (exact) mass is 368 g/mol. The van der Waals surface area contributed by atoms with Crippen LogP contribution in [0.2, 0.25) is 0 Å². The van der Waals surface area contributed by atoms with Crippen LogP contribution >= 0.6 is 0 Å². The molecule has 0 bridgehead atoms. The summed E-state index contributed by atoms with van der Waals surface area (Å²) in [7, 11) is 0. The fourth-order valence-corrected chi connectivity index (χ4v) is 2.69. The molecule has 0 fully saturated rings. The molecule has 0 spiro atoms. The maximum atomic E-state index is 12.1. The third-order valence-corrected chi connectivity index (χ3v) is 4.01. The van der Waals surface area contributed by atoms with E-state index in [1.54, 1.807) is 24.3 Å². The van der Waals surface area contributed by atoms with E-state index in [0.29, 0.717) is 5.56 Å². The molecule has 2 rings (SSSR count). The smallest absolute Gasteiger partial charge is 0.338 e. The van der Waals surface area contributed by atoms with Gasteiger partial charge in [-0.1, -0.05) is 35.4 Å². The highest BCUT2D eigenvalue weighted by Crippen LogP contribution is 2.21. The van der Waals surface area contributed by atoms with Crippen molar-refractivity contribution in [1.82, 2.24) is 5.32 Å². The van der Waals surface area contributed by atoms with Crippen LogP contribution < -0.4 is 10.6 Å². The Morgan fingerprint density at radius 3 is 2.04 bits per heavy atom. The second-order valence-corrected chi connectivity index (χ2v) is 6.54. The van der Waals surface area contributed by atoms with E-state index in [9.17, 15) is 14.4 Å². The highest BCUT2D eigenvalue weighted by molar-refractivity contribution is 5.96. The van der Waals surface area contributed by atoms with Crippen molar-refractivity contribution in [3.05, 3.63) is 64.2 Å². The first kappa shape index (κ1) is 20.2. The molecular formula is C21H24N2O4. The number of hydrogen-bond donors (Lipinski definition) is 2. The van der Waals surface area contributed by atoms with Gasteiger partial charge < -0.3 is 15.4 Å². The predicted molar refractivity (Wildman–Crippen MR) is 104 cm³/mol. The minimum Gasteiger partial charge on any atom is -0.452 e. The van der Waals surface area contributed by atoms with Gasteiger partial charge in [0.05, 0.1) is 12.1 Å². The van der Waals surface area contributed by atoms with E-state index in [0.717, 1.165) is 27.9 Å². The normalized spacial score (nSPS) is 10.2. The molecule has 2 N–H and O–H groups in total. The van der Waals surface area contributed by atoms with Crippen molar-refractivity contribution in [2.45, 2.75) is 27.7 Å². The minimum atomic E-state index is -0.583. The minimum absolute atomic E-state index is 0.201. The molecule has 0 heterocycles. The van der Waals surface area contributed by atoms with Crippen LogP contribution in [0.3, 0.4) is 0 Å². The summed E-state index contributed by atoms with van der Waals surface area (Å²) < 4.78 is 4.95. The first-order chi connectivity index (χ1) is 12.8. The van der Waals surface area contributed by atoms with Crippen molar-refractivity contribution in [2.75, 3.05) is 18.5 Å². The van der Waals surface area contributed by atoms with Crippen LogP contribution in [0.25, 0.3) is 0 Å². The third-order valence-electron chi connectivity index (χ3n) is 4.01. The number of hydrogen-bond acceptors (Lipinski definition) is 4. The Bertz CT molecular complexity index is 834. The van der Waals surface area contributed by atoms with Crippen molar-refractivity contribution in [1.29, 1.82) is 0 Å². The Morgan fingerprint density at radius 2 is 1.44 bits per heavy atom. The van der Waals surface area contributed by atoms with Crippen LogP contribution in [0.15, 0.2) is 36.4 Å². The molecule has 0 aromatic heterocycles. The Labute approximate surface area is 158 Å². The summed E-state index contributed by atoms with van der Waals surface area (Å²) in [6.07, 6.45) is 0. The van der Waals surface area contributed by atoms with Crippen molar-refractivity contribution >= 4 is 23.5 Å². The van der Waals surface area contributed by atoms with Crippen molar-refractivity contribution in [2.24, 2.45) is 0 Å². The first-order valence-corrected chi connectivity index (χ1v) is 8.64. The van der Waals surface area contributed by atoms with E-state index in [1.165, 1.54) is 0 Å². The quantitative estimate of drug-likeness (QED) is 0.768. The lowest BCUT2D eigenvalue weighted by Gasteiger charge is -2.13. The summed E-state index contributed by atoms with van der Waals surface area (Å²) in [4.78, 5) is 35.7. The number of carbonyl (C=O) groups is 3. The van der Waals surface area contributed by atoms with E-state index < -0.39 is 18.5 Å². The van der Waals surface area contributed by atoms with Gasteiger partial charge in [-0.2, -0.15) is 0 Å². The second kappa shape index (κ2) is 8.98. The molecule has 6 heteroatoms. The van der Waals surface area contributed by atoms with E-state index in [4.69, 9.17) is 4.74 Å². The summed E-state index contributed by atoms with van der Waals surface area (Å²) in [5, 5.41) is 5.24. The van der Waals surface area contributed by atoms with Gasteiger partial charge in [-0.05, 0) is 51.0 Å². The van der Waals surface area contributed by atoms with Gasteiger partial charge >= 0.3 is 5.97 Å². The largest absolute Gasteiger partial charge is 0.452 e. The van der Waals surface area contributed by atoms with Gasteiger partial charge in [0.2, 0.25) is 5.91 Å². The highest BCUT2D eigenvalue weighted by Gasteiger charge is 2.12. The molecule has 0 aliphatic carbocycles. The fourth-order valence-electron chi connectivity index (χ4n) is 2.69. The summed E-state index contributed by atoms with van der Waals surface area (Å²) in [6, 6.07) is 10.8. The van der Waals surface area contributed by atoms with Gasteiger partial charge in [0.1, 0.15) is 0 Å². The van der Waals surface area contributed by atoms with Gasteiger partial charge in [0, 0.05) is 5.69 Å². The molecule has 142 valence electrons. The number of ether oxygens (including phenoxy) is 1. The first-order valence-electron chi connectivity index (χ1n) is 8.64. The summed E-state index contributed by atoms with van der Waals surface area (Å²) in [5.41, 5.74) is 5.17. The maximum Gasteiger partial charge on any atom is 0.338 e. The average Bonchev–Trinajstić information content (AvgIpc) is 2.61. The Hall–Kier alpha value is -3.15. The van der Waals surface area contributed by atoms with Crippen LogP contribution in [0.5, 0.6) is 0 Å². The highest BCUT2D eigenvalue weighted by atomic mass is 16.5. The molecule has 6 nitrogen and oxygen atoms in total. The number of carbonyl (C=O) groups excluding carboxylic acids is 3. The molecule has 2 amide bonds. The molecule has 0 unspecified atom stereocenters. The number of amides is 2. The van der Waals surface area contributed by atoms with E-state index in [1.807, 2.05) is 39.8 Å². The number of esters is 1. The lowest BCUT2D eigenvalue weighted by Crippen LogP contribution is -2.35. The summed E-state index contributed by atoms with van der Waals surface area (Å²) in [6.45, 7) is 7.09. The van der Waals surface area contributed by atoms with Crippen LogP contribution in [0, 0.1) is 27.7 Å². The Kier molecular flexibility index (Phi) is 6.71. The van der Waals surface area contributed by atoms with Gasteiger partial charge in [0.15, 0.2) is 6.61 Å². The van der Waals surface area contributed by atoms with Crippen LogP contribution in [0.1, 0.15) is 32.6 Å². The fraction of sp³-hybridized carbons (Fsp3) is 0.286. The van der Waals surface area contributed by atoms with Crippen molar-refractivity contribution in [3.8, 4) is 0 Å². The zero-order chi connectivity index (χ0) is 20.0. The number of benzene rings is 2. The van der Waals surface area contributed by atoms with Crippen LogP contribution in [0.4, 0.5) is 5.69 Å². The molecule has 2 aromatic carbocycles.